The highest BCUT2D eigenvalue weighted by atomic mass is 35.5. The number of carbonyl (C=O) groups excluding carboxylic acids is 1. The van der Waals surface area contributed by atoms with Crippen LogP contribution in [0.3, 0.4) is 0 Å². The first-order chi connectivity index (χ1) is 12.6. The average Bonchev–Trinajstić information content (AvgIpc) is 2.56. The molecule has 0 unspecified atom stereocenters. The van der Waals surface area contributed by atoms with Crippen molar-refractivity contribution in [3.05, 3.63) is 66.6 Å². The summed E-state index contributed by atoms with van der Waals surface area (Å²) < 4.78 is 43.6. The van der Waals surface area contributed by atoms with Gasteiger partial charge in [0, 0.05) is 16.7 Å². The second kappa shape index (κ2) is 8.01. The summed E-state index contributed by atoms with van der Waals surface area (Å²) >= 11 is 11.9. The molecule has 1 heterocycles. The molecule has 0 bridgehead atoms. The Morgan fingerprint density at radius 3 is 2.48 bits per heavy atom. The minimum atomic E-state index is -4.89. The van der Waals surface area contributed by atoms with Gasteiger partial charge in [0.15, 0.2) is 11.5 Å². The number of alkyl halides is 3. The molecule has 0 fully saturated rings. The second-order valence-corrected chi connectivity index (χ2v) is 5.81. The van der Waals surface area contributed by atoms with Crippen molar-refractivity contribution in [3.8, 4) is 5.69 Å². The van der Waals surface area contributed by atoms with Crippen LogP contribution in [0.4, 0.5) is 13.2 Å². The number of allylic oxidation sites excluding steroid dienone is 1. The zero-order valence-corrected chi connectivity index (χ0v) is 15.1. The molecule has 144 valence electrons. The zero-order valence-electron chi connectivity index (χ0n) is 13.6. The zero-order chi connectivity index (χ0) is 20.4. The summed E-state index contributed by atoms with van der Waals surface area (Å²) in [6, 6.07) is 3.90. The van der Waals surface area contributed by atoms with Crippen LogP contribution in [0, 0.1) is 0 Å². The van der Waals surface area contributed by atoms with Crippen molar-refractivity contribution < 1.29 is 22.7 Å². The van der Waals surface area contributed by atoms with Crippen molar-refractivity contribution in [1.82, 2.24) is 9.55 Å². The predicted molar refractivity (Wildman–Crippen MR) is 93.1 cm³/mol. The largest absolute Gasteiger partial charge is 0.483 e. The SMILES string of the molecule is CCOC(Cl)=C(C=O)c1cc(-n2c(=O)cc(C(F)(F)F)[nH]c2=O)ccc1Cl. The Morgan fingerprint density at radius 2 is 1.96 bits per heavy atom. The van der Waals surface area contributed by atoms with E-state index in [-0.39, 0.29) is 39.7 Å². The fourth-order valence-corrected chi connectivity index (χ4v) is 2.65. The smallest absolute Gasteiger partial charge is 0.431 e. The van der Waals surface area contributed by atoms with E-state index in [1.54, 1.807) is 11.9 Å². The molecule has 0 saturated heterocycles. The first kappa shape index (κ1) is 20.8. The Balaban J connectivity index is 2.70. The molecular weight excluding hydrogens is 412 g/mol. The molecule has 0 spiro atoms. The monoisotopic (exact) mass is 422 g/mol. The van der Waals surface area contributed by atoms with Crippen molar-refractivity contribution in [2.24, 2.45) is 0 Å². The summed E-state index contributed by atoms with van der Waals surface area (Å²) in [7, 11) is 0. The summed E-state index contributed by atoms with van der Waals surface area (Å²) in [5.41, 5.74) is -4.23. The first-order valence-electron chi connectivity index (χ1n) is 7.31. The number of nitrogens with one attached hydrogen (secondary N) is 1. The van der Waals surface area contributed by atoms with E-state index in [4.69, 9.17) is 27.9 Å². The van der Waals surface area contributed by atoms with Gasteiger partial charge in [0.1, 0.15) is 5.69 Å². The summed E-state index contributed by atoms with van der Waals surface area (Å²) in [4.78, 5) is 37.0. The van der Waals surface area contributed by atoms with E-state index in [2.05, 4.69) is 0 Å². The van der Waals surface area contributed by atoms with Gasteiger partial charge in [0.25, 0.3) is 5.56 Å². The van der Waals surface area contributed by atoms with E-state index in [0.717, 1.165) is 6.07 Å². The summed E-state index contributed by atoms with van der Waals surface area (Å²) in [6.45, 7) is 1.79. The summed E-state index contributed by atoms with van der Waals surface area (Å²) in [5, 5.41) is -0.213. The van der Waals surface area contributed by atoms with Crippen molar-refractivity contribution in [3.63, 3.8) is 0 Å². The van der Waals surface area contributed by atoms with Crippen molar-refractivity contribution in [2.75, 3.05) is 6.61 Å². The van der Waals surface area contributed by atoms with Crippen LogP contribution in [-0.4, -0.2) is 22.4 Å². The maximum Gasteiger partial charge on any atom is 0.431 e. The first-order valence-corrected chi connectivity index (χ1v) is 8.07. The van der Waals surface area contributed by atoms with Crippen LogP contribution in [0.25, 0.3) is 11.3 Å². The fourth-order valence-electron chi connectivity index (χ4n) is 2.17. The molecule has 0 aliphatic heterocycles. The topological polar surface area (TPSA) is 81.2 Å². The molecule has 0 aliphatic rings. The Morgan fingerprint density at radius 1 is 1.30 bits per heavy atom. The molecule has 27 heavy (non-hydrogen) atoms. The van der Waals surface area contributed by atoms with E-state index in [9.17, 15) is 27.6 Å². The highest BCUT2D eigenvalue weighted by Gasteiger charge is 2.33. The normalized spacial score (nSPS) is 12.5. The molecule has 0 radical (unpaired) electrons. The van der Waals surface area contributed by atoms with Gasteiger partial charge in [0.05, 0.1) is 17.9 Å². The summed E-state index contributed by atoms with van der Waals surface area (Å²) in [5.74, 6) is 0. The number of halogens is 5. The Hall–Kier alpha value is -2.52. The van der Waals surface area contributed by atoms with Crippen molar-refractivity contribution in [1.29, 1.82) is 0 Å². The van der Waals surface area contributed by atoms with E-state index >= 15 is 0 Å². The van der Waals surface area contributed by atoms with E-state index in [1.807, 2.05) is 0 Å². The molecule has 0 atom stereocenters. The molecule has 2 rings (SSSR count). The molecule has 0 saturated carbocycles. The third kappa shape index (κ3) is 4.42. The molecule has 2 aromatic rings. The lowest BCUT2D eigenvalue weighted by Gasteiger charge is -2.12. The van der Waals surface area contributed by atoms with Gasteiger partial charge in [-0.2, -0.15) is 13.2 Å². The number of rotatable bonds is 5. The third-order valence-electron chi connectivity index (χ3n) is 3.34. The lowest BCUT2D eigenvalue weighted by Crippen LogP contribution is -2.35. The van der Waals surface area contributed by atoms with Gasteiger partial charge >= 0.3 is 11.9 Å². The number of nitrogens with zero attached hydrogens (tertiary/aromatic N) is 1. The maximum atomic E-state index is 12.7. The van der Waals surface area contributed by atoms with Crippen LogP contribution in [0.2, 0.25) is 5.02 Å². The van der Waals surface area contributed by atoms with E-state index < -0.39 is 23.1 Å². The van der Waals surface area contributed by atoms with Crippen molar-refractivity contribution in [2.45, 2.75) is 13.1 Å². The van der Waals surface area contributed by atoms with Gasteiger partial charge in [0.2, 0.25) is 0 Å². The molecule has 0 aliphatic carbocycles. The number of hydrogen-bond donors (Lipinski definition) is 1. The second-order valence-electron chi connectivity index (χ2n) is 5.06. The van der Waals surface area contributed by atoms with Crippen LogP contribution in [0.5, 0.6) is 0 Å². The Labute approximate surface area is 159 Å². The summed E-state index contributed by atoms with van der Waals surface area (Å²) in [6.07, 6.45) is -4.52. The predicted octanol–water partition coefficient (Wildman–Crippen LogP) is 3.34. The van der Waals surface area contributed by atoms with Crippen LogP contribution in [-0.2, 0) is 15.7 Å². The maximum absolute atomic E-state index is 12.7. The number of aromatic amines is 1. The molecule has 1 aromatic carbocycles. The molecule has 1 aromatic heterocycles. The standard InChI is InChI=1S/C16H11Cl2F3N2O4/c1-2-27-14(18)10(7-24)9-5-8(3-4-11(9)17)23-13(25)6-12(16(19,20)21)22-15(23)26/h3-7H,2H2,1H3,(H,22,26). The fraction of sp³-hybridized carbons (Fsp3) is 0.188. The van der Waals surface area contributed by atoms with Gasteiger partial charge in [-0.15, -0.1) is 0 Å². The van der Waals surface area contributed by atoms with E-state index in [1.165, 1.54) is 12.1 Å². The lowest BCUT2D eigenvalue weighted by molar-refractivity contribution is -0.141. The van der Waals surface area contributed by atoms with Gasteiger partial charge in [-0.05, 0) is 36.7 Å². The van der Waals surface area contributed by atoms with Gasteiger partial charge in [-0.3, -0.25) is 9.59 Å². The van der Waals surface area contributed by atoms with Crippen molar-refractivity contribution >= 4 is 35.1 Å². The Kier molecular flexibility index (Phi) is 6.17. The third-order valence-corrected chi connectivity index (χ3v) is 3.98. The highest BCUT2D eigenvalue weighted by molar-refractivity contribution is 6.38. The minimum absolute atomic E-state index is 0.0359. The number of carbonyl (C=O) groups is 1. The molecular formula is C16H11Cl2F3N2O4. The number of hydrogen-bond acceptors (Lipinski definition) is 4. The van der Waals surface area contributed by atoms with Crippen LogP contribution in [0.1, 0.15) is 18.2 Å². The molecule has 1 N–H and O–H groups in total. The number of benzene rings is 1. The molecule has 6 nitrogen and oxygen atoms in total. The molecule has 0 amide bonds. The quantitative estimate of drug-likeness (QED) is 0.455. The number of ether oxygens (including phenoxy) is 1. The minimum Gasteiger partial charge on any atom is -0.483 e. The number of aromatic nitrogens is 2. The Bertz CT molecular complexity index is 994. The number of H-pyrrole nitrogens is 1. The van der Waals surface area contributed by atoms with Crippen LogP contribution in [0.15, 0.2) is 39.1 Å². The van der Waals surface area contributed by atoms with E-state index in [0.29, 0.717) is 10.9 Å². The highest BCUT2D eigenvalue weighted by Crippen LogP contribution is 2.29. The van der Waals surface area contributed by atoms with Crippen LogP contribution < -0.4 is 11.2 Å². The van der Waals surface area contributed by atoms with Crippen LogP contribution >= 0.6 is 23.2 Å². The molecule has 11 heteroatoms. The van der Waals surface area contributed by atoms with Gasteiger partial charge < -0.3 is 9.72 Å². The van der Waals surface area contributed by atoms with Gasteiger partial charge in [-0.1, -0.05) is 11.6 Å². The van der Waals surface area contributed by atoms with Gasteiger partial charge in [-0.25, -0.2) is 9.36 Å². The number of aldehydes is 1. The lowest BCUT2D eigenvalue weighted by atomic mass is 10.1. The average molecular weight is 423 g/mol.